The highest BCUT2D eigenvalue weighted by Crippen LogP contribution is 2.18. The molecule has 2 aromatic rings. The largest absolute Gasteiger partial charge is 0.464 e. The fourth-order valence-electron chi connectivity index (χ4n) is 1.87. The van der Waals surface area contributed by atoms with Gasteiger partial charge in [0.2, 0.25) is 5.95 Å². The minimum absolute atomic E-state index is 0.116. The number of carbonyl (C=O) groups excluding carboxylic acids is 1. The van der Waals surface area contributed by atoms with Gasteiger partial charge in [0.05, 0.1) is 19.3 Å². The highest BCUT2D eigenvalue weighted by atomic mass is 16.5. The van der Waals surface area contributed by atoms with E-state index in [2.05, 4.69) is 19.9 Å². The number of nitrogen functional groups attached to an aromatic ring is 1. The number of esters is 1. The number of hydrogen-bond donors (Lipinski definition) is 1. The Labute approximate surface area is 121 Å². The van der Waals surface area contributed by atoms with Crippen LogP contribution < -0.4 is 10.6 Å². The summed E-state index contributed by atoms with van der Waals surface area (Å²) in [6, 6.07) is 1.37. The first kappa shape index (κ1) is 14.8. The average Bonchev–Trinajstić information content (AvgIpc) is 2.77. The molecule has 0 saturated heterocycles. The zero-order valence-electron chi connectivity index (χ0n) is 12.4. The van der Waals surface area contributed by atoms with Crippen molar-refractivity contribution in [2.75, 3.05) is 24.8 Å². The van der Waals surface area contributed by atoms with E-state index in [0.29, 0.717) is 12.5 Å². The van der Waals surface area contributed by atoms with Crippen molar-refractivity contribution in [1.82, 2.24) is 15.1 Å². The van der Waals surface area contributed by atoms with Crippen LogP contribution in [0.4, 0.5) is 11.8 Å². The van der Waals surface area contributed by atoms with Crippen molar-refractivity contribution >= 4 is 17.7 Å². The molecule has 2 heterocycles. The maximum absolute atomic E-state index is 11.6. The van der Waals surface area contributed by atoms with Gasteiger partial charge in [0.1, 0.15) is 11.6 Å². The summed E-state index contributed by atoms with van der Waals surface area (Å²) in [6.07, 6.45) is 0. The minimum Gasteiger partial charge on any atom is -0.464 e. The lowest BCUT2D eigenvalue weighted by Crippen LogP contribution is -2.21. The quantitative estimate of drug-likeness (QED) is 0.834. The third-order valence-corrected chi connectivity index (χ3v) is 3.05. The fourth-order valence-corrected chi connectivity index (χ4v) is 1.87. The van der Waals surface area contributed by atoms with Crippen molar-refractivity contribution in [2.45, 2.75) is 20.4 Å². The fraction of sp³-hybridized carbons (Fsp3) is 0.385. The molecule has 21 heavy (non-hydrogen) atoms. The van der Waals surface area contributed by atoms with E-state index in [1.807, 2.05) is 13.8 Å². The van der Waals surface area contributed by atoms with Crippen LogP contribution in [0.25, 0.3) is 0 Å². The summed E-state index contributed by atoms with van der Waals surface area (Å²) in [4.78, 5) is 21.6. The molecule has 8 nitrogen and oxygen atoms in total. The molecule has 0 aliphatic heterocycles. The summed E-state index contributed by atoms with van der Waals surface area (Å²) in [5, 5.41) is 3.90. The van der Waals surface area contributed by atoms with Gasteiger partial charge in [0.25, 0.3) is 0 Å². The molecular weight excluding hydrogens is 274 g/mol. The zero-order chi connectivity index (χ0) is 15.6. The summed E-state index contributed by atoms with van der Waals surface area (Å²) in [7, 11) is 3.08. The van der Waals surface area contributed by atoms with Crippen molar-refractivity contribution in [3.63, 3.8) is 0 Å². The van der Waals surface area contributed by atoms with Gasteiger partial charge in [-0.05, 0) is 13.8 Å². The lowest BCUT2D eigenvalue weighted by molar-refractivity contribution is 0.0594. The number of aromatic nitrogens is 3. The van der Waals surface area contributed by atoms with E-state index in [-0.39, 0.29) is 11.5 Å². The lowest BCUT2D eigenvalue weighted by atomic mass is 10.2. The first-order valence-corrected chi connectivity index (χ1v) is 6.28. The van der Waals surface area contributed by atoms with Crippen LogP contribution in [0.3, 0.4) is 0 Å². The van der Waals surface area contributed by atoms with E-state index in [1.165, 1.54) is 13.2 Å². The summed E-state index contributed by atoms with van der Waals surface area (Å²) >= 11 is 0. The summed E-state index contributed by atoms with van der Waals surface area (Å²) < 4.78 is 9.76. The van der Waals surface area contributed by atoms with Gasteiger partial charge in [0.15, 0.2) is 5.69 Å². The number of aryl methyl sites for hydroxylation is 2. The van der Waals surface area contributed by atoms with E-state index in [9.17, 15) is 4.79 Å². The highest BCUT2D eigenvalue weighted by Gasteiger charge is 2.16. The molecule has 0 amide bonds. The van der Waals surface area contributed by atoms with Gasteiger partial charge < -0.3 is 19.9 Å². The van der Waals surface area contributed by atoms with Crippen LogP contribution >= 0.6 is 0 Å². The highest BCUT2D eigenvalue weighted by molar-refractivity contribution is 5.88. The molecule has 0 fully saturated rings. The van der Waals surface area contributed by atoms with Crippen LogP contribution in [0.15, 0.2) is 10.6 Å². The van der Waals surface area contributed by atoms with Gasteiger partial charge in [-0.15, -0.1) is 0 Å². The number of nitrogens with zero attached hydrogens (tertiary/aromatic N) is 4. The number of anilines is 2. The summed E-state index contributed by atoms with van der Waals surface area (Å²) in [5.74, 6) is 0.703. The van der Waals surface area contributed by atoms with Crippen molar-refractivity contribution in [3.05, 3.63) is 28.8 Å². The molecule has 0 aliphatic rings. The Balaban J connectivity index is 2.29. The second-order valence-electron chi connectivity index (χ2n) is 4.63. The number of carbonyl (C=O) groups is 1. The third kappa shape index (κ3) is 3.10. The normalized spacial score (nSPS) is 10.5. The van der Waals surface area contributed by atoms with E-state index in [0.717, 1.165) is 17.0 Å². The second kappa shape index (κ2) is 5.78. The van der Waals surface area contributed by atoms with Gasteiger partial charge in [0, 0.05) is 18.7 Å². The standard InChI is InChI=1S/C13H17N5O3/c1-7-9(8(2)21-17-7)6-18(3)13-15-10(12(19)20-4)5-11(14)16-13/h5H,6H2,1-4H3,(H2,14,15,16). The van der Waals surface area contributed by atoms with Crippen molar-refractivity contribution in [3.8, 4) is 0 Å². The molecule has 8 heteroatoms. The molecule has 0 aliphatic carbocycles. The molecule has 112 valence electrons. The molecule has 0 saturated carbocycles. The van der Waals surface area contributed by atoms with Crippen molar-refractivity contribution < 1.29 is 14.1 Å². The number of methoxy groups -OCH3 is 1. The van der Waals surface area contributed by atoms with Crippen LogP contribution in [-0.4, -0.2) is 35.3 Å². The van der Waals surface area contributed by atoms with Gasteiger partial charge in [-0.25, -0.2) is 9.78 Å². The van der Waals surface area contributed by atoms with E-state index in [4.69, 9.17) is 10.3 Å². The van der Waals surface area contributed by atoms with E-state index in [1.54, 1.807) is 11.9 Å². The molecule has 0 atom stereocenters. The molecule has 0 bridgehead atoms. The van der Waals surface area contributed by atoms with Crippen molar-refractivity contribution in [1.29, 1.82) is 0 Å². The van der Waals surface area contributed by atoms with Gasteiger partial charge in [-0.2, -0.15) is 4.98 Å². The molecule has 2 N–H and O–H groups in total. The summed E-state index contributed by atoms with van der Waals surface area (Å²) in [5.41, 5.74) is 7.57. The Morgan fingerprint density at radius 1 is 1.43 bits per heavy atom. The first-order chi connectivity index (χ1) is 9.92. The zero-order valence-corrected chi connectivity index (χ0v) is 12.4. The maximum atomic E-state index is 11.6. The molecule has 2 rings (SSSR count). The molecule has 0 unspecified atom stereocenters. The number of hydrogen-bond acceptors (Lipinski definition) is 8. The predicted molar refractivity (Wildman–Crippen MR) is 75.9 cm³/mol. The monoisotopic (exact) mass is 291 g/mol. The smallest absolute Gasteiger partial charge is 0.356 e. The topological polar surface area (TPSA) is 107 Å². The average molecular weight is 291 g/mol. The van der Waals surface area contributed by atoms with Crippen LogP contribution in [-0.2, 0) is 11.3 Å². The van der Waals surface area contributed by atoms with Gasteiger partial charge in [-0.1, -0.05) is 5.16 Å². The molecule has 0 aromatic carbocycles. The van der Waals surface area contributed by atoms with Crippen molar-refractivity contribution in [2.24, 2.45) is 0 Å². The minimum atomic E-state index is -0.559. The first-order valence-electron chi connectivity index (χ1n) is 6.28. The van der Waals surface area contributed by atoms with E-state index < -0.39 is 5.97 Å². The third-order valence-electron chi connectivity index (χ3n) is 3.05. The Morgan fingerprint density at radius 3 is 2.71 bits per heavy atom. The van der Waals surface area contributed by atoms with Gasteiger partial charge in [-0.3, -0.25) is 0 Å². The molecule has 0 spiro atoms. The molecule has 2 aromatic heterocycles. The van der Waals surface area contributed by atoms with E-state index >= 15 is 0 Å². The Morgan fingerprint density at radius 2 is 2.14 bits per heavy atom. The number of rotatable bonds is 4. The molecule has 0 radical (unpaired) electrons. The number of nitrogens with two attached hydrogens (primary N) is 1. The van der Waals surface area contributed by atoms with Crippen LogP contribution in [0, 0.1) is 13.8 Å². The van der Waals surface area contributed by atoms with Crippen LogP contribution in [0.2, 0.25) is 0 Å². The number of ether oxygens (including phenoxy) is 1. The Hall–Kier alpha value is -2.64. The van der Waals surface area contributed by atoms with Gasteiger partial charge >= 0.3 is 5.97 Å². The molecular formula is C13H17N5O3. The Bertz CT molecular complexity index is 648. The summed E-state index contributed by atoms with van der Waals surface area (Å²) in [6.45, 7) is 4.19. The van der Waals surface area contributed by atoms with Crippen LogP contribution in [0.5, 0.6) is 0 Å². The second-order valence-corrected chi connectivity index (χ2v) is 4.63. The van der Waals surface area contributed by atoms with Crippen LogP contribution in [0.1, 0.15) is 27.5 Å². The Kier molecular flexibility index (Phi) is 4.06. The predicted octanol–water partition coefficient (Wildman–Crippen LogP) is 1.09. The SMILES string of the molecule is COC(=O)c1cc(N)nc(N(C)Cc2c(C)noc2C)n1. The maximum Gasteiger partial charge on any atom is 0.356 e. The lowest BCUT2D eigenvalue weighted by Gasteiger charge is -2.17.